The molecule has 1 saturated heterocycles. The highest BCUT2D eigenvalue weighted by molar-refractivity contribution is 7.80. The minimum Gasteiger partial charge on any atom is -0.495 e. The predicted octanol–water partition coefficient (Wildman–Crippen LogP) is 2.06. The molecule has 1 aromatic carbocycles. The van der Waals surface area contributed by atoms with Crippen LogP contribution in [0.2, 0.25) is 0 Å². The van der Waals surface area contributed by atoms with Crippen LogP contribution in [0.1, 0.15) is 5.56 Å². The van der Waals surface area contributed by atoms with E-state index >= 15 is 0 Å². The third-order valence-electron chi connectivity index (χ3n) is 3.46. The molecule has 2 rings (SSSR count). The van der Waals surface area contributed by atoms with Crippen LogP contribution in [-0.4, -0.2) is 50.5 Å². The first-order valence-electron chi connectivity index (χ1n) is 6.47. The number of rotatable bonds is 4. The average molecular weight is 266 g/mol. The molecular weight excluding hydrogens is 244 g/mol. The lowest BCUT2D eigenvalue weighted by atomic mass is 10.1. The maximum Gasteiger partial charge on any atom is 0.142 e. The second-order valence-corrected chi connectivity index (χ2v) is 5.17. The summed E-state index contributed by atoms with van der Waals surface area (Å²) < 4.78 is 5.46. The number of hydrogen-bond donors (Lipinski definition) is 1. The molecule has 0 bridgehead atoms. The second-order valence-electron chi connectivity index (χ2n) is 4.73. The van der Waals surface area contributed by atoms with Crippen LogP contribution < -0.4 is 9.64 Å². The van der Waals surface area contributed by atoms with Gasteiger partial charge in [0.15, 0.2) is 0 Å². The second kappa shape index (κ2) is 6.34. The van der Waals surface area contributed by atoms with E-state index in [9.17, 15) is 0 Å². The predicted molar refractivity (Wildman–Crippen MR) is 80.2 cm³/mol. The van der Waals surface area contributed by atoms with E-state index < -0.39 is 0 Å². The normalized spacial score (nSPS) is 16.9. The quantitative estimate of drug-likeness (QED) is 0.840. The van der Waals surface area contributed by atoms with Crippen molar-refractivity contribution in [1.82, 2.24) is 4.90 Å². The Kier molecular flexibility index (Phi) is 4.78. The molecule has 0 spiro atoms. The average Bonchev–Trinajstić information content (AvgIpc) is 2.40. The third kappa shape index (κ3) is 3.12. The van der Waals surface area contributed by atoms with E-state index in [1.54, 1.807) is 7.11 Å². The molecule has 0 unspecified atom stereocenters. The molecule has 0 aromatic heterocycles. The lowest BCUT2D eigenvalue weighted by Gasteiger charge is -2.36. The molecule has 4 heteroatoms. The van der Waals surface area contributed by atoms with E-state index in [-0.39, 0.29) is 0 Å². The summed E-state index contributed by atoms with van der Waals surface area (Å²) in [4.78, 5) is 4.88. The van der Waals surface area contributed by atoms with Crippen molar-refractivity contribution in [1.29, 1.82) is 0 Å². The van der Waals surface area contributed by atoms with Crippen LogP contribution in [0.5, 0.6) is 5.75 Å². The summed E-state index contributed by atoms with van der Waals surface area (Å²) in [6, 6.07) is 6.37. The molecule has 0 amide bonds. The van der Waals surface area contributed by atoms with Gasteiger partial charge in [-0.1, -0.05) is 6.07 Å². The molecule has 0 atom stereocenters. The van der Waals surface area contributed by atoms with Crippen LogP contribution in [0.4, 0.5) is 5.69 Å². The summed E-state index contributed by atoms with van der Waals surface area (Å²) in [5.41, 5.74) is 2.51. The van der Waals surface area contributed by atoms with E-state index in [1.165, 1.54) is 11.3 Å². The van der Waals surface area contributed by atoms with Gasteiger partial charge >= 0.3 is 0 Å². The molecule has 18 heavy (non-hydrogen) atoms. The fourth-order valence-electron chi connectivity index (χ4n) is 2.40. The van der Waals surface area contributed by atoms with Crippen molar-refractivity contribution in [2.45, 2.75) is 6.92 Å². The lowest BCUT2D eigenvalue weighted by Crippen LogP contribution is -2.47. The molecule has 3 nitrogen and oxygen atoms in total. The van der Waals surface area contributed by atoms with Gasteiger partial charge in [-0.25, -0.2) is 0 Å². The van der Waals surface area contributed by atoms with Gasteiger partial charge in [0.25, 0.3) is 0 Å². The van der Waals surface area contributed by atoms with Crippen LogP contribution in [0.25, 0.3) is 0 Å². The van der Waals surface area contributed by atoms with Gasteiger partial charge in [-0.05, 0) is 24.6 Å². The van der Waals surface area contributed by atoms with E-state index in [1.807, 2.05) is 0 Å². The zero-order chi connectivity index (χ0) is 13.0. The van der Waals surface area contributed by atoms with Gasteiger partial charge in [0.1, 0.15) is 5.75 Å². The summed E-state index contributed by atoms with van der Waals surface area (Å²) in [6.45, 7) is 7.55. The third-order valence-corrected chi connectivity index (χ3v) is 3.66. The molecule has 100 valence electrons. The highest BCUT2D eigenvalue weighted by Crippen LogP contribution is 2.29. The number of anilines is 1. The first-order chi connectivity index (χ1) is 8.74. The fraction of sp³-hybridized carbons (Fsp3) is 0.571. The van der Waals surface area contributed by atoms with Crippen molar-refractivity contribution in [2.24, 2.45) is 0 Å². The minimum atomic E-state index is 0.938. The van der Waals surface area contributed by atoms with Crippen LogP contribution in [0.15, 0.2) is 18.2 Å². The van der Waals surface area contributed by atoms with Crippen molar-refractivity contribution < 1.29 is 4.74 Å². The van der Waals surface area contributed by atoms with E-state index in [2.05, 4.69) is 47.6 Å². The summed E-state index contributed by atoms with van der Waals surface area (Å²) in [7, 11) is 1.74. The Morgan fingerprint density at radius 2 is 1.94 bits per heavy atom. The number of hydrogen-bond acceptors (Lipinski definition) is 4. The summed E-state index contributed by atoms with van der Waals surface area (Å²) in [5.74, 6) is 1.91. The largest absolute Gasteiger partial charge is 0.495 e. The first-order valence-corrected chi connectivity index (χ1v) is 7.10. The number of ether oxygens (including phenoxy) is 1. The van der Waals surface area contributed by atoms with Crippen molar-refractivity contribution in [2.75, 3.05) is 50.5 Å². The highest BCUT2D eigenvalue weighted by Gasteiger charge is 2.19. The molecule has 1 fully saturated rings. The van der Waals surface area contributed by atoms with E-state index in [4.69, 9.17) is 4.74 Å². The van der Waals surface area contributed by atoms with Crippen LogP contribution in [-0.2, 0) is 0 Å². The number of methoxy groups -OCH3 is 1. The molecule has 1 aliphatic heterocycles. The molecule has 1 heterocycles. The van der Waals surface area contributed by atoms with Gasteiger partial charge in [0, 0.05) is 38.5 Å². The molecule has 0 N–H and O–H groups in total. The summed E-state index contributed by atoms with van der Waals surface area (Å²) in [6.07, 6.45) is 0. The SMILES string of the molecule is COc1ccc(C)cc1N1CCN(CCS)CC1. The number of benzene rings is 1. The molecule has 0 aliphatic carbocycles. The maximum absolute atomic E-state index is 5.46. The van der Waals surface area contributed by atoms with Crippen molar-refractivity contribution >= 4 is 18.3 Å². The Labute approximate surface area is 115 Å². The Bertz CT molecular complexity index is 389. The van der Waals surface area contributed by atoms with Crippen molar-refractivity contribution in [3.63, 3.8) is 0 Å². The van der Waals surface area contributed by atoms with Gasteiger partial charge in [-0.15, -0.1) is 0 Å². The Morgan fingerprint density at radius 1 is 1.22 bits per heavy atom. The van der Waals surface area contributed by atoms with Crippen LogP contribution in [0, 0.1) is 6.92 Å². The number of aryl methyl sites for hydroxylation is 1. The molecule has 1 aliphatic rings. The number of thiol groups is 1. The standard InChI is InChI=1S/C14H22N2OS/c1-12-3-4-14(17-2)13(11-12)16-7-5-15(6-8-16)9-10-18/h3-4,11,18H,5-10H2,1-2H3. The summed E-state index contributed by atoms with van der Waals surface area (Å²) >= 11 is 4.29. The van der Waals surface area contributed by atoms with Gasteiger partial charge in [-0.2, -0.15) is 12.6 Å². The van der Waals surface area contributed by atoms with Crippen molar-refractivity contribution in [3.05, 3.63) is 23.8 Å². The van der Waals surface area contributed by atoms with E-state index in [0.29, 0.717) is 0 Å². The molecule has 0 saturated carbocycles. The lowest BCUT2D eigenvalue weighted by molar-refractivity contribution is 0.272. The highest BCUT2D eigenvalue weighted by atomic mass is 32.1. The summed E-state index contributed by atoms with van der Waals surface area (Å²) in [5, 5.41) is 0. The smallest absolute Gasteiger partial charge is 0.142 e. The molecule has 1 aromatic rings. The first kappa shape index (κ1) is 13.6. The zero-order valence-electron chi connectivity index (χ0n) is 11.2. The van der Waals surface area contributed by atoms with Gasteiger partial charge in [0.2, 0.25) is 0 Å². The monoisotopic (exact) mass is 266 g/mol. The fourth-order valence-corrected chi connectivity index (χ4v) is 2.68. The molecule has 0 radical (unpaired) electrons. The van der Waals surface area contributed by atoms with Gasteiger partial charge < -0.3 is 9.64 Å². The Hall–Kier alpha value is -0.870. The Morgan fingerprint density at radius 3 is 2.56 bits per heavy atom. The Balaban J connectivity index is 2.06. The van der Waals surface area contributed by atoms with Gasteiger partial charge in [0.05, 0.1) is 12.8 Å². The minimum absolute atomic E-state index is 0.938. The number of piperazine rings is 1. The number of nitrogens with zero attached hydrogens (tertiary/aromatic N) is 2. The van der Waals surface area contributed by atoms with E-state index in [0.717, 1.165) is 44.2 Å². The molecular formula is C14H22N2OS. The maximum atomic E-state index is 5.46. The zero-order valence-corrected chi connectivity index (χ0v) is 12.1. The van der Waals surface area contributed by atoms with Crippen LogP contribution in [0.3, 0.4) is 0 Å². The van der Waals surface area contributed by atoms with Crippen LogP contribution >= 0.6 is 12.6 Å². The van der Waals surface area contributed by atoms with Crippen molar-refractivity contribution in [3.8, 4) is 5.75 Å². The van der Waals surface area contributed by atoms with Gasteiger partial charge in [-0.3, -0.25) is 4.90 Å². The topological polar surface area (TPSA) is 15.7 Å².